The number of thiophene rings is 1. The minimum atomic E-state index is -3.60. The molecule has 0 radical (unpaired) electrons. The van der Waals surface area contributed by atoms with Gasteiger partial charge < -0.3 is 10.1 Å². The van der Waals surface area contributed by atoms with E-state index in [0.29, 0.717) is 22.6 Å². The summed E-state index contributed by atoms with van der Waals surface area (Å²) in [4.78, 5) is 13.0. The highest BCUT2D eigenvalue weighted by atomic mass is 32.2. The molecule has 3 heterocycles. The molecule has 1 N–H and O–H groups in total. The highest BCUT2D eigenvalue weighted by Gasteiger charge is 2.40. The zero-order valence-electron chi connectivity index (χ0n) is 16.3. The first-order valence-corrected chi connectivity index (χ1v) is 12.8. The van der Waals surface area contributed by atoms with Crippen molar-refractivity contribution in [3.05, 3.63) is 17.5 Å². The molecule has 4 rings (SSSR count). The van der Waals surface area contributed by atoms with Crippen molar-refractivity contribution in [1.29, 1.82) is 0 Å². The molecule has 1 atom stereocenters. The number of piperidine rings is 1. The van der Waals surface area contributed by atoms with Crippen molar-refractivity contribution in [2.75, 3.05) is 19.8 Å². The first kappa shape index (κ1) is 20.3. The van der Waals surface area contributed by atoms with Crippen LogP contribution in [-0.4, -0.2) is 50.5 Å². The predicted molar refractivity (Wildman–Crippen MR) is 109 cm³/mol. The molecule has 156 valence electrons. The lowest BCUT2D eigenvalue weighted by Crippen LogP contribution is -2.54. The number of carbonyl (C=O) groups is 1. The molecule has 0 bridgehead atoms. The molecule has 3 fully saturated rings. The Morgan fingerprint density at radius 1 is 1.14 bits per heavy atom. The lowest BCUT2D eigenvalue weighted by Gasteiger charge is -2.43. The number of carbonyl (C=O) groups excluding carboxylic acids is 1. The molecular formula is C20H30N2O4S2. The number of hydrogen-bond donors (Lipinski definition) is 1. The third-order valence-corrected chi connectivity index (χ3v) is 10.0. The van der Waals surface area contributed by atoms with Crippen molar-refractivity contribution in [3.63, 3.8) is 0 Å². The second-order valence-electron chi connectivity index (χ2n) is 8.45. The Hall–Kier alpha value is -0.960. The fourth-order valence-corrected chi connectivity index (χ4v) is 7.73. The van der Waals surface area contributed by atoms with E-state index in [0.717, 1.165) is 64.6 Å². The molecule has 2 saturated heterocycles. The molecule has 1 saturated carbocycles. The molecule has 28 heavy (non-hydrogen) atoms. The van der Waals surface area contributed by atoms with E-state index >= 15 is 0 Å². The van der Waals surface area contributed by atoms with Gasteiger partial charge in [-0.2, -0.15) is 4.31 Å². The Kier molecular flexibility index (Phi) is 6.11. The molecule has 0 aromatic carbocycles. The highest BCUT2D eigenvalue weighted by molar-refractivity contribution is 7.91. The van der Waals surface area contributed by atoms with Crippen LogP contribution in [0, 0.1) is 5.41 Å². The molecule has 2 aliphatic heterocycles. The van der Waals surface area contributed by atoms with Gasteiger partial charge in [0.15, 0.2) is 0 Å². The molecule has 1 aromatic rings. The lowest BCUT2D eigenvalue weighted by atomic mass is 9.68. The first-order chi connectivity index (χ1) is 13.5. The third-order valence-electron chi connectivity index (χ3n) is 6.76. The van der Waals surface area contributed by atoms with Crippen LogP contribution in [0.3, 0.4) is 0 Å². The summed E-state index contributed by atoms with van der Waals surface area (Å²) in [6, 6.07) is 2.94. The quantitative estimate of drug-likeness (QED) is 0.802. The van der Waals surface area contributed by atoms with Gasteiger partial charge in [0.25, 0.3) is 10.0 Å². The summed E-state index contributed by atoms with van der Waals surface area (Å²) in [5.41, 5.74) is 0.402. The topological polar surface area (TPSA) is 75.7 Å². The standard InChI is InChI=1S/C20H30N2O4S2/c23-19(21-16-6-8-20(9-7-16)10-13-26-14-11-20)17-4-1-2-12-22(17)28(24,25)18-5-3-15-27-18/h3,5,15-17H,1-2,4,6-14H2,(H,21,23). The van der Waals surface area contributed by atoms with Crippen LogP contribution in [0.2, 0.25) is 0 Å². The van der Waals surface area contributed by atoms with Crippen molar-refractivity contribution >= 4 is 27.3 Å². The van der Waals surface area contributed by atoms with Gasteiger partial charge in [-0.1, -0.05) is 12.5 Å². The molecule has 1 amide bonds. The smallest absolute Gasteiger partial charge is 0.253 e. The van der Waals surface area contributed by atoms with Gasteiger partial charge in [-0.15, -0.1) is 11.3 Å². The Bertz CT molecular complexity index is 762. The first-order valence-electron chi connectivity index (χ1n) is 10.4. The summed E-state index contributed by atoms with van der Waals surface area (Å²) >= 11 is 1.21. The van der Waals surface area contributed by atoms with Crippen LogP contribution in [0.5, 0.6) is 0 Å². The summed E-state index contributed by atoms with van der Waals surface area (Å²) < 4.78 is 33.3. The van der Waals surface area contributed by atoms with Gasteiger partial charge in [-0.05, 0) is 68.2 Å². The number of ether oxygens (including phenoxy) is 1. The van der Waals surface area contributed by atoms with E-state index in [9.17, 15) is 13.2 Å². The zero-order valence-corrected chi connectivity index (χ0v) is 17.9. The fraction of sp³-hybridized carbons (Fsp3) is 0.750. The minimum absolute atomic E-state index is 0.118. The summed E-state index contributed by atoms with van der Waals surface area (Å²) in [7, 11) is -3.60. The molecule has 1 unspecified atom stereocenters. The van der Waals surface area contributed by atoms with Crippen LogP contribution in [-0.2, 0) is 19.6 Å². The van der Waals surface area contributed by atoms with Crippen LogP contribution < -0.4 is 5.32 Å². The normalized spacial score (nSPS) is 26.9. The van der Waals surface area contributed by atoms with Gasteiger partial charge >= 0.3 is 0 Å². The second kappa shape index (κ2) is 8.42. The number of hydrogen-bond acceptors (Lipinski definition) is 5. The lowest BCUT2D eigenvalue weighted by molar-refractivity contribution is -0.127. The largest absolute Gasteiger partial charge is 0.381 e. The van der Waals surface area contributed by atoms with Crippen molar-refractivity contribution in [2.24, 2.45) is 5.41 Å². The molecule has 3 aliphatic rings. The Morgan fingerprint density at radius 2 is 1.89 bits per heavy atom. The fourth-order valence-electron chi connectivity index (χ4n) is 4.96. The van der Waals surface area contributed by atoms with E-state index < -0.39 is 16.1 Å². The second-order valence-corrected chi connectivity index (χ2v) is 11.5. The molecule has 6 nitrogen and oxygen atoms in total. The van der Waals surface area contributed by atoms with Crippen LogP contribution in [0.15, 0.2) is 21.7 Å². The summed E-state index contributed by atoms with van der Waals surface area (Å²) in [6.45, 7) is 2.13. The monoisotopic (exact) mass is 426 g/mol. The van der Waals surface area contributed by atoms with Crippen molar-refractivity contribution in [1.82, 2.24) is 9.62 Å². The summed E-state index contributed by atoms with van der Waals surface area (Å²) in [6.07, 6.45) is 8.78. The maximum absolute atomic E-state index is 13.0. The molecular weight excluding hydrogens is 396 g/mol. The van der Waals surface area contributed by atoms with Crippen LogP contribution in [0.1, 0.15) is 57.8 Å². The Morgan fingerprint density at radius 3 is 2.57 bits per heavy atom. The van der Waals surface area contributed by atoms with E-state index in [1.165, 1.54) is 15.6 Å². The van der Waals surface area contributed by atoms with E-state index in [1.54, 1.807) is 17.5 Å². The molecule has 1 aliphatic carbocycles. The van der Waals surface area contributed by atoms with Crippen LogP contribution >= 0.6 is 11.3 Å². The number of nitrogens with one attached hydrogen (secondary N) is 1. The van der Waals surface area contributed by atoms with Crippen LogP contribution in [0.25, 0.3) is 0 Å². The van der Waals surface area contributed by atoms with Crippen LogP contribution in [0.4, 0.5) is 0 Å². The third kappa shape index (κ3) is 4.15. The number of amides is 1. The zero-order chi connectivity index (χ0) is 19.6. The Balaban J connectivity index is 1.39. The van der Waals surface area contributed by atoms with Gasteiger partial charge in [0, 0.05) is 25.8 Å². The van der Waals surface area contributed by atoms with E-state index in [4.69, 9.17) is 4.74 Å². The number of sulfonamides is 1. The minimum Gasteiger partial charge on any atom is -0.381 e. The predicted octanol–water partition coefficient (Wildman–Crippen LogP) is 3.15. The summed E-state index contributed by atoms with van der Waals surface area (Å²) in [5.74, 6) is -0.118. The van der Waals surface area contributed by atoms with Gasteiger partial charge in [0.1, 0.15) is 10.3 Å². The molecule has 8 heteroatoms. The number of rotatable bonds is 4. The SMILES string of the molecule is O=C(NC1CCC2(CCOCC2)CC1)C1CCCCN1S(=O)(=O)c1cccs1. The maximum atomic E-state index is 13.0. The van der Waals surface area contributed by atoms with E-state index in [2.05, 4.69) is 5.32 Å². The van der Waals surface area contributed by atoms with Crippen molar-refractivity contribution in [3.8, 4) is 0 Å². The molecule has 1 aromatic heterocycles. The van der Waals surface area contributed by atoms with Crippen molar-refractivity contribution < 1.29 is 17.9 Å². The van der Waals surface area contributed by atoms with Gasteiger partial charge in [-0.25, -0.2) is 8.42 Å². The highest BCUT2D eigenvalue weighted by Crippen LogP contribution is 2.44. The summed E-state index contributed by atoms with van der Waals surface area (Å²) in [5, 5.41) is 4.95. The van der Waals surface area contributed by atoms with Gasteiger partial charge in [0.05, 0.1) is 0 Å². The average molecular weight is 427 g/mol. The van der Waals surface area contributed by atoms with E-state index in [1.807, 2.05) is 0 Å². The van der Waals surface area contributed by atoms with E-state index in [-0.39, 0.29) is 11.9 Å². The maximum Gasteiger partial charge on any atom is 0.253 e. The van der Waals surface area contributed by atoms with Gasteiger partial charge in [-0.3, -0.25) is 4.79 Å². The average Bonchev–Trinajstić information content (AvgIpc) is 3.26. The van der Waals surface area contributed by atoms with Gasteiger partial charge in [0.2, 0.25) is 5.91 Å². The van der Waals surface area contributed by atoms with Crippen molar-refractivity contribution in [2.45, 2.75) is 74.1 Å². The Labute approximate surface area is 171 Å². The number of nitrogens with zero attached hydrogens (tertiary/aromatic N) is 1. The molecule has 1 spiro atoms.